The summed E-state index contributed by atoms with van der Waals surface area (Å²) in [7, 11) is 3.09. The molecule has 0 atom stereocenters. The molecule has 0 aromatic heterocycles. The number of benzene rings is 1. The molecule has 1 N–H and O–H groups in total. The largest absolute Gasteiger partial charge is 0.493 e. The van der Waals surface area contributed by atoms with Gasteiger partial charge in [-0.25, -0.2) is 4.79 Å². The molecule has 1 amide bonds. The van der Waals surface area contributed by atoms with Crippen molar-refractivity contribution in [1.82, 2.24) is 5.32 Å². The van der Waals surface area contributed by atoms with Crippen LogP contribution in [0.3, 0.4) is 0 Å². The lowest BCUT2D eigenvalue weighted by molar-refractivity contribution is -0.143. The van der Waals surface area contributed by atoms with E-state index in [-0.39, 0.29) is 12.5 Å². The Labute approximate surface area is 136 Å². The third kappa shape index (κ3) is 6.86. The summed E-state index contributed by atoms with van der Waals surface area (Å²) in [5.41, 5.74) is 0.754. The van der Waals surface area contributed by atoms with Crippen molar-refractivity contribution in [2.24, 2.45) is 5.92 Å². The van der Waals surface area contributed by atoms with Crippen LogP contribution in [0.1, 0.15) is 19.4 Å². The Bertz CT molecular complexity index is 566. The van der Waals surface area contributed by atoms with Crippen LogP contribution in [0, 0.1) is 5.92 Å². The standard InChI is InChI=1S/C17H23NO5/c1-12(2)10-18-16(19)11-23-17(20)8-6-13-5-7-14(21-3)15(9-13)22-4/h5-9,12H,10-11H2,1-4H3,(H,18,19)/b8-6+. The van der Waals surface area contributed by atoms with Crippen LogP contribution in [-0.4, -0.2) is 39.2 Å². The lowest BCUT2D eigenvalue weighted by Crippen LogP contribution is -2.31. The van der Waals surface area contributed by atoms with E-state index in [1.807, 2.05) is 13.8 Å². The van der Waals surface area contributed by atoms with Crippen molar-refractivity contribution in [1.29, 1.82) is 0 Å². The predicted octanol–water partition coefficient (Wildman–Crippen LogP) is 2.03. The first kappa shape index (κ1) is 18.5. The van der Waals surface area contributed by atoms with Gasteiger partial charge in [-0.15, -0.1) is 0 Å². The summed E-state index contributed by atoms with van der Waals surface area (Å²) in [6, 6.07) is 5.25. The van der Waals surface area contributed by atoms with E-state index in [9.17, 15) is 9.59 Å². The number of methoxy groups -OCH3 is 2. The number of carbonyl (C=O) groups excluding carboxylic acids is 2. The number of esters is 1. The number of nitrogens with one attached hydrogen (secondary N) is 1. The van der Waals surface area contributed by atoms with E-state index >= 15 is 0 Å². The Kier molecular flexibility index (Phi) is 7.66. The number of carbonyl (C=O) groups is 2. The fourth-order valence-corrected chi connectivity index (χ4v) is 1.67. The normalized spacial score (nSPS) is 10.7. The van der Waals surface area contributed by atoms with Crippen molar-refractivity contribution in [3.8, 4) is 11.5 Å². The maximum Gasteiger partial charge on any atom is 0.331 e. The molecule has 0 bridgehead atoms. The highest BCUT2D eigenvalue weighted by Gasteiger charge is 2.06. The molecule has 0 saturated heterocycles. The van der Waals surface area contributed by atoms with Crippen LogP contribution < -0.4 is 14.8 Å². The maximum absolute atomic E-state index is 11.6. The Morgan fingerprint density at radius 1 is 1.17 bits per heavy atom. The van der Waals surface area contributed by atoms with Crippen molar-refractivity contribution in [3.63, 3.8) is 0 Å². The molecule has 1 aromatic carbocycles. The molecule has 126 valence electrons. The molecule has 0 aliphatic carbocycles. The molecule has 1 rings (SSSR count). The summed E-state index contributed by atoms with van der Waals surface area (Å²) in [5, 5.41) is 2.67. The van der Waals surface area contributed by atoms with Crippen molar-refractivity contribution >= 4 is 18.0 Å². The Balaban J connectivity index is 2.50. The first-order valence-corrected chi connectivity index (χ1v) is 7.29. The molecule has 1 aromatic rings. The molecule has 0 unspecified atom stereocenters. The fraction of sp³-hybridized carbons (Fsp3) is 0.412. The Morgan fingerprint density at radius 3 is 2.48 bits per heavy atom. The molecule has 0 radical (unpaired) electrons. The van der Waals surface area contributed by atoms with E-state index in [0.29, 0.717) is 24.0 Å². The van der Waals surface area contributed by atoms with Crippen molar-refractivity contribution in [3.05, 3.63) is 29.8 Å². The van der Waals surface area contributed by atoms with Gasteiger partial charge >= 0.3 is 5.97 Å². The van der Waals surface area contributed by atoms with E-state index in [2.05, 4.69) is 5.32 Å². The number of rotatable bonds is 8. The second kappa shape index (κ2) is 9.50. The lowest BCUT2D eigenvalue weighted by atomic mass is 10.2. The van der Waals surface area contributed by atoms with Gasteiger partial charge in [-0.3, -0.25) is 4.79 Å². The van der Waals surface area contributed by atoms with Crippen LogP contribution in [0.5, 0.6) is 11.5 Å². The van der Waals surface area contributed by atoms with Crippen LogP contribution >= 0.6 is 0 Å². The topological polar surface area (TPSA) is 73.9 Å². The van der Waals surface area contributed by atoms with Crippen LogP contribution in [0.4, 0.5) is 0 Å². The van der Waals surface area contributed by atoms with Crippen LogP contribution in [0.2, 0.25) is 0 Å². The zero-order valence-electron chi connectivity index (χ0n) is 13.9. The van der Waals surface area contributed by atoms with Gasteiger partial charge in [0.05, 0.1) is 14.2 Å². The van der Waals surface area contributed by atoms with Gasteiger partial charge in [-0.1, -0.05) is 19.9 Å². The van der Waals surface area contributed by atoms with Gasteiger partial charge in [-0.2, -0.15) is 0 Å². The minimum Gasteiger partial charge on any atom is -0.493 e. The average Bonchev–Trinajstić information content (AvgIpc) is 2.55. The molecular weight excluding hydrogens is 298 g/mol. The van der Waals surface area contributed by atoms with E-state index in [1.54, 1.807) is 31.4 Å². The summed E-state index contributed by atoms with van der Waals surface area (Å²) in [4.78, 5) is 23.0. The van der Waals surface area contributed by atoms with Crippen molar-refractivity contribution in [2.45, 2.75) is 13.8 Å². The molecule has 0 heterocycles. The van der Waals surface area contributed by atoms with Gasteiger partial charge in [0, 0.05) is 12.6 Å². The van der Waals surface area contributed by atoms with Crippen molar-refractivity contribution in [2.75, 3.05) is 27.4 Å². The smallest absolute Gasteiger partial charge is 0.331 e. The summed E-state index contributed by atoms with van der Waals surface area (Å²) >= 11 is 0. The minimum absolute atomic E-state index is 0.290. The number of ether oxygens (including phenoxy) is 3. The van der Waals surface area contributed by atoms with Crippen LogP contribution in [0.25, 0.3) is 6.08 Å². The molecule has 0 saturated carbocycles. The monoisotopic (exact) mass is 321 g/mol. The summed E-state index contributed by atoms with van der Waals surface area (Å²) in [6.45, 7) is 4.23. The number of amides is 1. The zero-order chi connectivity index (χ0) is 17.2. The summed E-state index contributed by atoms with van der Waals surface area (Å²) in [6.07, 6.45) is 2.84. The van der Waals surface area contributed by atoms with Gasteiger partial charge in [-0.05, 0) is 29.7 Å². The first-order valence-electron chi connectivity index (χ1n) is 7.29. The van der Waals surface area contributed by atoms with E-state index < -0.39 is 5.97 Å². The Hall–Kier alpha value is -2.50. The summed E-state index contributed by atoms with van der Waals surface area (Å²) in [5.74, 6) is 0.621. The highest BCUT2D eigenvalue weighted by molar-refractivity contribution is 5.89. The lowest BCUT2D eigenvalue weighted by Gasteiger charge is -2.08. The molecular formula is C17H23NO5. The van der Waals surface area contributed by atoms with E-state index in [4.69, 9.17) is 14.2 Å². The predicted molar refractivity (Wildman–Crippen MR) is 87.4 cm³/mol. The number of hydrogen-bond acceptors (Lipinski definition) is 5. The highest BCUT2D eigenvalue weighted by atomic mass is 16.5. The first-order chi connectivity index (χ1) is 11.0. The van der Waals surface area contributed by atoms with E-state index in [0.717, 1.165) is 5.56 Å². The Morgan fingerprint density at radius 2 is 1.87 bits per heavy atom. The number of hydrogen-bond donors (Lipinski definition) is 1. The van der Waals surface area contributed by atoms with Gasteiger partial charge in [0.2, 0.25) is 0 Å². The second-order valence-corrected chi connectivity index (χ2v) is 5.25. The fourth-order valence-electron chi connectivity index (χ4n) is 1.67. The molecule has 0 aliphatic heterocycles. The van der Waals surface area contributed by atoms with Crippen molar-refractivity contribution < 1.29 is 23.8 Å². The van der Waals surface area contributed by atoms with Gasteiger partial charge in [0.25, 0.3) is 5.91 Å². The third-order valence-corrected chi connectivity index (χ3v) is 2.87. The van der Waals surface area contributed by atoms with Gasteiger partial charge < -0.3 is 19.5 Å². The molecule has 0 fully saturated rings. The minimum atomic E-state index is -0.584. The molecule has 6 heteroatoms. The quantitative estimate of drug-likeness (QED) is 0.586. The SMILES string of the molecule is COc1ccc(/C=C/C(=O)OCC(=O)NCC(C)C)cc1OC. The molecule has 0 aliphatic rings. The average molecular weight is 321 g/mol. The molecule has 23 heavy (non-hydrogen) atoms. The zero-order valence-corrected chi connectivity index (χ0v) is 13.9. The highest BCUT2D eigenvalue weighted by Crippen LogP contribution is 2.27. The second-order valence-electron chi connectivity index (χ2n) is 5.25. The van der Waals surface area contributed by atoms with Gasteiger partial charge in [0.1, 0.15) is 0 Å². The molecule has 0 spiro atoms. The van der Waals surface area contributed by atoms with E-state index in [1.165, 1.54) is 13.2 Å². The summed E-state index contributed by atoms with van der Waals surface area (Å²) < 4.78 is 15.2. The third-order valence-electron chi connectivity index (χ3n) is 2.87. The van der Waals surface area contributed by atoms with Gasteiger partial charge in [0.15, 0.2) is 18.1 Å². The molecule has 6 nitrogen and oxygen atoms in total. The van der Waals surface area contributed by atoms with Crippen LogP contribution in [0.15, 0.2) is 24.3 Å². The maximum atomic E-state index is 11.6. The van der Waals surface area contributed by atoms with Crippen LogP contribution in [-0.2, 0) is 14.3 Å².